The van der Waals surface area contributed by atoms with E-state index in [9.17, 15) is 0 Å². The largest absolute Gasteiger partial charge is 0.383 e. The third-order valence-corrected chi connectivity index (χ3v) is 2.52. The highest BCUT2D eigenvalue weighted by atomic mass is 16.5. The molecule has 0 aliphatic rings. The first-order chi connectivity index (χ1) is 8.10. The van der Waals surface area contributed by atoms with Crippen LogP contribution in [0.1, 0.15) is 40.0 Å². The topological polar surface area (TPSA) is 45.7 Å². The van der Waals surface area contributed by atoms with Gasteiger partial charge in [-0.25, -0.2) is 0 Å². The van der Waals surface area contributed by atoms with Crippen LogP contribution in [0.2, 0.25) is 0 Å². The van der Waals surface area contributed by atoms with Crippen molar-refractivity contribution in [1.29, 1.82) is 0 Å². The molecule has 4 nitrogen and oxygen atoms in total. The number of hydrogen-bond acceptors (Lipinski definition) is 2. The van der Waals surface area contributed by atoms with Crippen molar-refractivity contribution in [3.05, 3.63) is 0 Å². The van der Waals surface area contributed by atoms with Gasteiger partial charge in [-0.05, 0) is 19.3 Å². The molecular formula is C13H29N3O. The van der Waals surface area contributed by atoms with Gasteiger partial charge in [0.2, 0.25) is 0 Å². The fourth-order valence-corrected chi connectivity index (χ4v) is 1.60. The minimum absolute atomic E-state index is 0.280. The van der Waals surface area contributed by atoms with E-state index in [1.54, 1.807) is 14.2 Å². The summed E-state index contributed by atoms with van der Waals surface area (Å²) in [6.07, 6.45) is 3.76. The molecule has 0 radical (unpaired) electrons. The summed E-state index contributed by atoms with van der Waals surface area (Å²) in [4.78, 5) is 4.18. The quantitative estimate of drug-likeness (QED) is 0.389. The lowest BCUT2D eigenvalue weighted by Crippen LogP contribution is -2.44. The molecule has 102 valence electrons. The molecule has 0 aliphatic carbocycles. The lowest BCUT2D eigenvalue weighted by molar-refractivity contribution is 0.179. The SMILES string of the molecule is CN=C(NCCCCC(C)C)NC(C)COC. The Kier molecular flexibility index (Phi) is 9.92. The first-order valence-electron chi connectivity index (χ1n) is 6.56. The van der Waals surface area contributed by atoms with Crippen molar-refractivity contribution in [2.75, 3.05) is 27.3 Å². The van der Waals surface area contributed by atoms with E-state index in [1.807, 2.05) is 0 Å². The van der Waals surface area contributed by atoms with Gasteiger partial charge in [0, 0.05) is 26.7 Å². The molecule has 0 aromatic carbocycles. The van der Waals surface area contributed by atoms with Crippen LogP contribution in [0.25, 0.3) is 0 Å². The number of hydrogen-bond donors (Lipinski definition) is 2. The van der Waals surface area contributed by atoms with Crippen molar-refractivity contribution in [3.63, 3.8) is 0 Å². The van der Waals surface area contributed by atoms with Gasteiger partial charge in [-0.3, -0.25) is 4.99 Å². The van der Waals surface area contributed by atoms with Crippen molar-refractivity contribution in [2.24, 2.45) is 10.9 Å². The van der Waals surface area contributed by atoms with Gasteiger partial charge in [-0.1, -0.05) is 26.7 Å². The van der Waals surface area contributed by atoms with Crippen LogP contribution in [0.15, 0.2) is 4.99 Å². The Morgan fingerprint density at radius 2 is 1.94 bits per heavy atom. The molecule has 17 heavy (non-hydrogen) atoms. The summed E-state index contributed by atoms with van der Waals surface area (Å²) in [5.41, 5.74) is 0. The molecule has 1 unspecified atom stereocenters. The van der Waals surface area contributed by atoms with Crippen LogP contribution >= 0.6 is 0 Å². The Hall–Kier alpha value is -0.770. The van der Waals surface area contributed by atoms with Crippen molar-refractivity contribution in [1.82, 2.24) is 10.6 Å². The Balaban J connectivity index is 3.62. The van der Waals surface area contributed by atoms with Gasteiger partial charge < -0.3 is 15.4 Å². The summed E-state index contributed by atoms with van der Waals surface area (Å²) in [5, 5.41) is 6.60. The number of rotatable bonds is 8. The maximum atomic E-state index is 5.07. The average molecular weight is 243 g/mol. The number of methoxy groups -OCH3 is 1. The number of guanidine groups is 1. The highest BCUT2D eigenvalue weighted by Gasteiger charge is 2.03. The lowest BCUT2D eigenvalue weighted by Gasteiger charge is -2.17. The third kappa shape index (κ3) is 10.1. The molecular weight excluding hydrogens is 214 g/mol. The van der Waals surface area contributed by atoms with E-state index in [-0.39, 0.29) is 6.04 Å². The normalized spacial score (nSPS) is 13.9. The molecule has 0 aromatic rings. The van der Waals surface area contributed by atoms with Gasteiger partial charge in [0.1, 0.15) is 0 Å². The van der Waals surface area contributed by atoms with E-state index >= 15 is 0 Å². The van der Waals surface area contributed by atoms with Crippen molar-refractivity contribution < 1.29 is 4.74 Å². The maximum Gasteiger partial charge on any atom is 0.191 e. The summed E-state index contributed by atoms with van der Waals surface area (Å²) < 4.78 is 5.07. The van der Waals surface area contributed by atoms with E-state index in [2.05, 4.69) is 36.4 Å². The number of nitrogens with zero attached hydrogens (tertiary/aromatic N) is 1. The number of nitrogens with one attached hydrogen (secondary N) is 2. The van der Waals surface area contributed by atoms with Crippen molar-refractivity contribution in [3.8, 4) is 0 Å². The smallest absolute Gasteiger partial charge is 0.191 e. The van der Waals surface area contributed by atoms with Crippen LogP contribution in [-0.2, 0) is 4.74 Å². The van der Waals surface area contributed by atoms with Gasteiger partial charge in [0.05, 0.1) is 6.61 Å². The minimum atomic E-state index is 0.280. The molecule has 2 N–H and O–H groups in total. The lowest BCUT2D eigenvalue weighted by atomic mass is 10.1. The zero-order valence-electron chi connectivity index (χ0n) is 12.0. The van der Waals surface area contributed by atoms with Crippen LogP contribution in [0.5, 0.6) is 0 Å². The molecule has 4 heteroatoms. The first-order valence-corrected chi connectivity index (χ1v) is 6.56. The second kappa shape index (κ2) is 10.4. The fourth-order valence-electron chi connectivity index (χ4n) is 1.60. The molecule has 0 amide bonds. The molecule has 0 aromatic heterocycles. The average Bonchev–Trinajstić information content (AvgIpc) is 2.27. The summed E-state index contributed by atoms with van der Waals surface area (Å²) in [5.74, 6) is 1.66. The highest BCUT2D eigenvalue weighted by Crippen LogP contribution is 2.04. The van der Waals surface area contributed by atoms with Crippen LogP contribution in [0.4, 0.5) is 0 Å². The van der Waals surface area contributed by atoms with Crippen LogP contribution in [-0.4, -0.2) is 39.3 Å². The van der Waals surface area contributed by atoms with Crippen LogP contribution in [0, 0.1) is 5.92 Å². The van der Waals surface area contributed by atoms with E-state index in [1.165, 1.54) is 19.3 Å². The van der Waals surface area contributed by atoms with Gasteiger partial charge in [0.25, 0.3) is 0 Å². The molecule has 0 saturated carbocycles. The summed E-state index contributed by atoms with van der Waals surface area (Å²) >= 11 is 0. The van der Waals surface area contributed by atoms with Gasteiger partial charge in [0.15, 0.2) is 5.96 Å². The van der Waals surface area contributed by atoms with Gasteiger partial charge >= 0.3 is 0 Å². The number of aliphatic imine (C=N–C) groups is 1. The van der Waals surface area contributed by atoms with Crippen molar-refractivity contribution in [2.45, 2.75) is 46.1 Å². The van der Waals surface area contributed by atoms with Crippen LogP contribution < -0.4 is 10.6 Å². The monoisotopic (exact) mass is 243 g/mol. The Labute approximate surface area is 106 Å². The molecule has 0 saturated heterocycles. The Morgan fingerprint density at radius 1 is 1.24 bits per heavy atom. The molecule has 0 aliphatic heterocycles. The summed E-state index contributed by atoms with van der Waals surface area (Å²) in [6, 6.07) is 0.280. The molecule has 0 rings (SSSR count). The third-order valence-electron chi connectivity index (χ3n) is 2.52. The van der Waals surface area contributed by atoms with E-state index in [4.69, 9.17) is 4.74 Å². The van der Waals surface area contributed by atoms with Crippen LogP contribution in [0.3, 0.4) is 0 Å². The minimum Gasteiger partial charge on any atom is -0.383 e. The molecule has 0 fully saturated rings. The highest BCUT2D eigenvalue weighted by molar-refractivity contribution is 5.79. The zero-order chi connectivity index (χ0) is 13.1. The first kappa shape index (κ1) is 16.2. The number of unbranched alkanes of at least 4 members (excludes halogenated alkanes) is 1. The molecule has 1 atom stereocenters. The Bertz CT molecular complexity index is 205. The molecule has 0 spiro atoms. The van der Waals surface area contributed by atoms with Crippen molar-refractivity contribution >= 4 is 5.96 Å². The van der Waals surface area contributed by atoms with Gasteiger partial charge in [-0.15, -0.1) is 0 Å². The second-order valence-corrected chi connectivity index (χ2v) is 4.89. The zero-order valence-corrected chi connectivity index (χ0v) is 12.0. The molecule has 0 heterocycles. The van der Waals surface area contributed by atoms with E-state index in [0.717, 1.165) is 18.4 Å². The summed E-state index contributed by atoms with van der Waals surface area (Å²) in [7, 11) is 3.50. The standard InChI is InChI=1S/C13H29N3O/c1-11(2)8-6-7-9-15-13(14-4)16-12(3)10-17-5/h11-12H,6-10H2,1-5H3,(H2,14,15,16). The van der Waals surface area contributed by atoms with Gasteiger partial charge in [-0.2, -0.15) is 0 Å². The van der Waals surface area contributed by atoms with E-state index in [0.29, 0.717) is 6.61 Å². The molecule has 0 bridgehead atoms. The predicted octanol–water partition coefficient (Wildman–Crippen LogP) is 2.01. The fraction of sp³-hybridized carbons (Fsp3) is 0.923. The predicted molar refractivity (Wildman–Crippen MR) is 74.5 cm³/mol. The second-order valence-electron chi connectivity index (χ2n) is 4.89. The Morgan fingerprint density at radius 3 is 2.47 bits per heavy atom. The summed E-state index contributed by atoms with van der Waals surface area (Å²) in [6.45, 7) is 8.27. The maximum absolute atomic E-state index is 5.07. The number of ether oxygens (including phenoxy) is 1. The van der Waals surface area contributed by atoms with E-state index < -0.39 is 0 Å².